The number of rotatable bonds is 3. The Labute approximate surface area is 97.1 Å². The zero-order valence-corrected chi connectivity index (χ0v) is 9.29. The highest BCUT2D eigenvalue weighted by Gasteiger charge is 2.22. The van der Waals surface area contributed by atoms with Gasteiger partial charge in [-0.2, -0.15) is 0 Å². The van der Waals surface area contributed by atoms with Gasteiger partial charge >= 0.3 is 5.03 Å². The number of hydrogen-bond acceptors (Lipinski definition) is 5. The minimum absolute atomic E-state index is 0.115. The lowest BCUT2D eigenvalue weighted by molar-refractivity contribution is -0.412. The zero-order chi connectivity index (χ0) is 11.4. The van der Waals surface area contributed by atoms with E-state index in [4.69, 9.17) is 0 Å². The maximum Gasteiger partial charge on any atom is 0.347 e. The first-order valence-corrected chi connectivity index (χ1v) is 5.68. The molecule has 5 nitrogen and oxygen atoms in total. The highest BCUT2D eigenvalue weighted by molar-refractivity contribution is 8.02. The lowest BCUT2D eigenvalue weighted by Crippen LogP contribution is -2.16. The molecular formula is C10H11N3O2S. The van der Waals surface area contributed by atoms with Gasteiger partial charge in [0.25, 0.3) is 0 Å². The molecule has 1 fully saturated rings. The average molecular weight is 237 g/mol. The largest absolute Gasteiger partial charge is 0.364 e. The molecule has 0 atom stereocenters. The van der Waals surface area contributed by atoms with Gasteiger partial charge in [-0.05, 0) is 23.9 Å². The predicted octanol–water partition coefficient (Wildman–Crippen LogP) is 1.37. The summed E-state index contributed by atoms with van der Waals surface area (Å²) in [6.45, 7) is 1.45. The molecule has 16 heavy (non-hydrogen) atoms. The minimum atomic E-state index is -0.363. The number of nitro groups is 1. The molecule has 1 aromatic rings. The molecular weight excluding hydrogens is 226 g/mol. The fourth-order valence-corrected chi connectivity index (χ4v) is 2.21. The van der Waals surface area contributed by atoms with Gasteiger partial charge < -0.3 is 10.6 Å². The summed E-state index contributed by atoms with van der Waals surface area (Å²) in [6.07, 6.45) is 0. The van der Waals surface area contributed by atoms with Crippen LogP contribution in [0.25, 0.3) is 0 Å². The molecule has 0 unspecified atom stereocenters. The topological polar surface area (TPSA) is 67.2 Å². The lowest BCUT2D eigenvalue weighted by Gasteiger charge is -2.03. The van der Waals surface area contributed by atoms with Gasteiger partial charge in [0, 0.05) is 18.0 Å². The van der Waals surface area contributed by atoms with Gasteiger partial charge in [0.2, 0.25) is 0 Å². The highest BCUT2D eigenvalue weighted by atomic mass is 32.2. The fraction of sp³-hybridized carbons (Fsp3) is 0.200. The summed E-state index contributed by atoms with van der Waals surface area (Å²) in [5.74, 6) is 0.513. The smallest absolute Gasteiger partial charge is 0.347 e. The molecule has 1 saturated heterocycles. The van der Waals surface area contributed by atoms with E-state index in [9.17, 15) is 10.1 Å². The monoisotopic (exact) mass is 237 g/mol. The van der Waals surface area contributed by atoms with E-state index in [0.717, 1.165) is 29.7 Å². The van der Waals surface area contributed by atoms with Crippen LogP contribution in [0.1, 0.15) is 0 Å². The summed E-state index contributed by atoms with van der Waals surface area (Å²) < 4.78 is 0. The van der Waals surface area contributed by atoms with Crippen molar-refractivity contribution >= 4 is 11.8 Å². The Bertz CT molecular complexity index is 411. The Hall–Kier alpha value is -1.69. The van der Waals surface area contributed by atoms with Crippen LogP contribution in [0.5, 0.6) is 0 Å². The average Bonchev–Trinajstić information content (AvgIpc) is 2.80. The van der Waals surface area contributed by atoms with Crippen LogP contribution in [0.4, 0.5) is 0 Å². The van der Waals surface area contributed by atoms with Crippen molar-refractivity contribution in [2.75, 3.05) is 13.1 Å². The van der Waals surface area contributed by atoms with Crippen molar-refractivity contribution in [3.05, 3.63) is 51.3 Å². The van der Waals surface area contributed by atoms with Gasteiger partial charge in [-0.1, -0.05) is 18.2 Å². The Morgan fingerprint density at radius 1 is 1.25 bits per heavy atom. The first kappa shape index (κ1) is 10.8. The van der Waals surface area contributed by atoms with Crippen molar-refractivity contribution in [1.82, 2.24) is 10.6 Å². The first-order valence-electron chi connectivity index (χ1n) is 4.86. The van der Waals surface area contributed by atoms with Gasteiger partial charge in [0.05, 0.1) is 4.92 Å². The van der Waals surface area contributed by atoms with Crippen LogP contribution in [-0.2, 0) is 0 Å². The third-order valence-corrected chi connectivity index (χ3v) is 3.12. The summed E-state index contributed by atoms with van der Waals surface area (Å²) in [6, 6.07) is 9.31. The van der Waals surface area contributed by atoms with E-state index in [1.807, 2.05) is 30.3 Å². The second kappa shape index (κ2) is 4.89. The molecule has 2 rings (SSSR count). The zero-order valence-electron chi connectivity index (χ0n) is 8.47. The molecule has 1 aliphatic heterocycles. The lowest BCUT2D eigenvalue weighted by atomic mass is 10.4. The summed E-state index contributed by atoms with van der Waals surface area (Å²) in [5, 5.41) is 17.0. The Morgan fingerprint density at radius 3 is 2.44 bits per heavy atom. The van der Waals surface area contributed by atoms with Crippen LogP contribution in [0.15, 0.2) is 46.1 Å². The van der Waals surface area contributed by atoms with E-state index < -0.39 is 0 Å². The maximum absolute atomic E-state index is 10.9. The van der Waals surface area contributed by atoms with E-state index in [1.165, 1.54) is 0 Å². The third-order valence-electron chi connectivity index (χ3n) is 2.07. The van der Waals surface area contributed by atoms with Crippen molar-refractivity contribution in [2.24, 2.45) is 0 Å². The molecule has 1 aliphatic rings. The summed E-state index contributed by atoms with van der Waals surface area (Å²) >= 11 is 1.15. The molecule has 84 valence electrons. The van der Waals surface area contributed by atoms with Crippen molar-refractivity contribution in [3.8, 4) is 0 Å². The van der Waals surface area contributed by atoms with E-state index in [-0.39, 0.29) is 9.95 Å². The van der Waals surface area contributed by atoms with E-state index in [2.05, 4.69) is 10.6 Å². The Balaban J connectivity index is 2.22. The molecule has 0 bridgehead atoms. The fourth-order valence-electron chi connectivity index (χ4n) is 1.37. The van der Waals surface area contributed by atoms with Gasteiger partial charge in [-0.15, -0.1) is 0 Å². The van der Waals surface area contributed by atoms with Gasteiger partial charge in [0.15, 0.2) is 5.82 Å². The van der Waals surface area contributed by atoms with Gasteiger partial charge in [-0.3, -0.25) is 10.1 Å². The molecule has 0 saturated carbocycles. The van der Waals surface area contributed by atoms with E-state index in [1.54, 1.807) is 0 Å². The number of benzene rings is 1. The molecule has 1 heterocycles. The molecule has 1 aromatic carbocycles. The summed E-state index contributed by atoms with van der Waals surface area (Å²) in [4.78, 5) is 11.4. The van der Waals surface area contributed by atoms with Crippen LogP contribution in [0, 0.1) is 10.1 Å². The van der Waals surface area contributed by atoms with Crippen LogP contribution < -0.4 is 10.6 Å². The van der Waals surface area contributed by atoms with Gasteiger partial charge in [-0.25, -0.2) is 0 Å². The molecule has 0 radical (unpaired) electrons. The van der Waals surface area contributed by atoms with Crippen molar-refractivity contribution in [1.29, 1.82) is 0 Å². The van der Waals surface area contributed by atoms with E-state index >= 15 is 0 Å². The van der Waals surface area contributed by atoms with Crippen molar-refractivity contribution in [2.45, 2.75) is 4.90 Å². The SMILES string of the molecule is O=[N+]([O-])C(Sc1ccccc1)=C1NCCN1. The summed E-state index contributed by atoms with van der Waals surface area (Å²) in [7, 11) is 0. The normalized spacial score (nSPS) is 14.1. The number of nitrogens with one attached hydrogen (secondary N) is 2. The molecule has 0 aromatic heterocycles. The first-order chi connectivity index (χ1) is 7.77. The minimum Gasteiger partial charge on any atom is -0.364 e. The number of nitrogens with zero attached hydrogens (tertiary/aromatic N) is 1. The second-order valence-electron chi connectivity index (χ2n) is 3.21. The standard InChI is InChI=1S/C10H11N3O2S/c14-13(15)10(9-11-6-7-12-9)16-8-4-2-1-3-5-8/h1-5,11-12H,6-7H2. The number of thioether (sulfide) groups is 1. The van der Waals surface area contributed by atoms with Crippen molar-refractivity contribution in [3.63, 3.8) is 0 Å². The van der Waals surface area contributed by atoms with Gasteiger partial charge in [0.1, 0.15) is 0 Å². The van der Waals surface area contributed by atoms with Crippen molar-refractivity contribution < 1.29 is 4.92 Å². The predicted molar refractivity (Wildman–Crippen MR) is 62.3 cm³/mol. The third kappa shape index (κ3) is 2.46. The summed E-state index contributed by atoms with van der Waals surface area (Å²) in [5.41, 5.74) is 0. The second-order valence-corrected chi connectivity index (χ2v) is 4.27. The quantitative estimate of drug-likeness (QED) is 0.472. The van der Waals surface area contributed by atoms with Crippen LogP contribution >= 0.6 is 11.8 Å². The highest BCUT2D eigenvalue weighted by Crippen LogP contribution is 2.28. The molecule has 0 spiro atoms. The van der Waals surface area contributed by atoms with Crippen LogP contribution in [0.2, 0.25) is 0 Å². The van der Waals surface area contributed by atoms with Crippen LogP contribution in [-0.4, -0.2) is 18.0 Å². The molecule has 0 aliphatic carbocycles. The maximum atomic E-state index is 10.9. The van der Waals surface area contributed by atoms with Crippen LogP contribution in [0.3, 0.4) is 0 Å². The van der Waals surface area contributed by atoms with E-state index in [0.29, 0.717) is 5.82 Å². The molecule has 2 N–H and O–H groups in total. The Morgan fingerprint density at radius 2 is 1.88 bits per heavy atom. The molecule has 6 heteroatoms. The number of hydrogen-bond donors (Lipinski definition) is 2. The Kier molecular flexibility index (Phi) is 3.31. The molecule has 0 amide bonds.